The molecule has 2 saturated heterocycles. The summed E-state index contributed by atoms with van der Waals surface area (Å²) in [5, 5.41) is 3.77. The van der Waals surface area contributed by atoms with Crippen molar-refractivity contribution in [3.63, 3.8) is 0 Å². The number of likely N-dealkylation sites (tertiary alicyclic amines) is 2. The fourth-order valence-corrected chi connectivity index (χ4v) is 4.84. The van der Waals surface area contributed by atoms with Gasteiger partial charge in [0.2, 0.25) is 5.91 Å². The molecule has 0 radical (unpaired) electrons. The van der Waals surface area contributed by atoms with Crippen LogP contribution >= 0.6 is 11.3 Å². The predicted molar refractivity (Wildman–Crippen MR) is 95.5 cm³/mol. The lowest BCUT2D eigenvalue weighted by molar-refractivity contribution is -0.117. The molecule has 1 N–H and O–H groups in total. The molecule has 3 aliphatic rings. The van der Waals surface area contributed by atoms with Crippen LogP contribution in [0.5, 0.6) is 0 Å². The Labute approximate surface area is 147 Å². The summed E-state index contributed by atoms with van der Waals surface area (Å²) in [7, 11) is 0. The van der Waals surface area contributed by atoms with E-state index >= 15 is 0 Å². The van der Waals surface area contributed by atoms with Crippen LogP contribution in [0.1, 0.15) is 47.3 Å². The second-order valence-electron chi connectivity index (χ2n) is 7.32. The Hall–Kier alpha value is -1.40. The highest BCUT2D eigenvalue weighted by atomic mass is 32.1. The molecule has 2 aliphatic heterocycles. The van der Waals surface area contributed by atoms with Gasteiger partial charge in [-0.25, -0.2) is 0 Å². The Morgan fingerprint density at radius 2 is 1.92 bits per heavy atom. The van der Waals surface area contributed by atoms with E-state index < -0.39 is 0 Å². The van der Waals surface area contributed by atoms with E-state index in [-0.39, 0.29) is 17.7 Å². The second-order valence-corrected chi connectivity index (χ2v) is 8.38. The van der Waals surface area contributed by atoms with Crippen molar-refractivity contribution in [3.8, 4) is 0 Å². The Kier molecular flexibility index (Phi) is 4.35. The maximum absolute atomic E-state index is 12.9. The highest BCUT2D eigenvalue weighted by Gasteiger charge is 2.33. The quantitative estimate of drug-likeness (QED) is 0.911. The van der Waals surface area contributed by atoms with Crippen LogP contribution in [0.2, 0.25) is 0 Å². The van der Waals surface area contributed by atoms with Crippen molar-refractivity contribution in [1.29, 1.82) is 0 Å². The first-order valence-electron chi connectivity index (χ1n) is 9.06. The second kappa shape index (κ2) is 6.48. The normalized spacial score (nSPS) is 24.5. The van der Waals surface area contributed by atoms with Gasteiger partial charge in [0.05, 0.1) is 9.88 Å². The molecule has 6 heteroatoms. The van der Waals surface area contributed by atoms with E-state index in [0.29, 0.717) is 6.04 Å². The van der Waals surface area contributed by atoms with Crippen LogP contribution in [0.25, 0.3) is 0 Å². The SMILES string of the molecule is Cc1cc(NC(=O)C2CC2)sc1C(=O)N1CC[C@H](N2CCCC2)C1. The Morgan fingerprint density at radius 3 is 2.62 bits per heavy atom. The van der Waals surface area contributed by atoms with E-state index in [9.17, 15) is 9.59 Å². The molecule has 24 heavy (non-hydrogen) atoms. The van der Waals surface area contributed by atoms with Gasteiger partial charge < -0.3 is 10.2 Å². The topological polar surface area (TPSA) is 52.7 Å². The Bertz CT molecular complexity index is 647. The van der Waals surface area contributed by atoms with Crippen LogP contribution in [-0.2, 0) is 4.79 Å². The van der Waals surface area contributed by atoms with E-state index in [0.717, 1.165) is 47.8 Å². The van der Waals surface area contributed by atoms with Gasteiger partial charge in [-0.2, -0.15) is 0 Å². The first-order chi connectivity index (χ1) is 11.6. The minimum atomic E-state index is 0.102. The van der Waals surface area contributed by atoms with Crippen LogP contribution in [0.4, 0.5) is 5.00 Å². The van der Waals surface area contributed by atoms with E-state index in [1.165, 1.54) is 37.3 Å². The zero-order chi connectivity index (χ0) is 16.7. The highest BCUT2D eigenvalue weighted by molar-refractivity contribution is 7.18. The molecule has 0 aromatic carbocycles. The summed E-state index contributed by atoms with van der Waals surface area (Å²) in [6.07, 6.45) is 5.65. The summed E-state index contributed by atoms with van der Waals surface area (Å²) >= 11 is 1.42. The number of amides is 2. The van der Waals surface area contributed by atoms with Crippen molar-refractivity contribution in [2.45, 2.75) is 45.1 Å². The molecule has 1 aromatic heterocycles. The maximum atomic E-state index is 12.9. The van der Waals surface area contributed by atoms with Gasteiger partial charge in [-0.05, 0) is 63.7 Å². The van der Waals surface area contributed by atoms with Gasteiger partial charge in [-0.15, -0.1) is 11.3 Å². The average Bonchev–Trinajstić information content (AvgIpc) is 2.98. The first kappa shape index (κ1) is 16.1. The summed E-state index contributed by atoms with van der Waals surface area (Å²) in [5.74, 6) is 0.419. The van der Waals surface area contributed by atoms with Gasteiger partial charge in [0.25, 0.3) is 5.91 Å². The van der Waals surface area contributed by atoms with Gasteiger partial charge in [0.1, 0.15) is 0 Å². The molecule has 2 amide bonds. The molecule has 4 rings (SSSR count). The molecule has 0 bridgehead atoms. The predicted octanol–water partition coefficient (Wildman–Crippen LogP) is 2.72. The van der Waals surface area contributed by atoms with Crippen LogP contribution in [-0.4, -0.2) is 53.8 Å². The number of carbonyl (C=O) groups is 2. The number of nitrogens with zero attached hydrogens (tertiary/aromatic N) is 2. The summed E-state index contributed by atoms with van der Waals surface area (Å²) in [6.45, 7) is 6.02. The van der Waals surface area contributed by atoms with E-state index in [1.807, 2.05) is 17.9 Å². The monoisotopic (exact) mass is 347 g/mol. The van der Waals surface area contributed by atoms with Crippen molar-refractivity contribution < 1.29 is 9.59 Å². The number of nitrogens with one attached hydrogen (secondary N) is 1. The van der Waals surface area contributed by atoms with Crippen LogP contribution in [0, 0.1) is 12.8 Å². The third-order valence-electron chi connectivity index (χ3n) is 5.41. The van der Waals surface area contributed by atoms with Gasteiger partial charge in [0.15, 0.2) is 0 Å². The molecule has 1 aromatic rings. The molecule has 5 nitrogen and oxygen atoms in total. The van der Waals surface area contributed by atoms with Gasteiger partial charge in [-0.1, -0.05) is 0 Å². The fourth-order valence-electron chi connectivity index (χ4n) is 3.80. The number of anilines is 1. The molecular weight excluding hydrogens is 322 g/mol. The molecule has 0 unspecified atom stereocenters. The highest BCUT2D eigenvalue weighted by Crippen LogP contribution is 2.33. The van der Waals surface area contributed by atoms with Crippen molar-refractivity contribution in [3.05, 3.63) is 16.5 Å². The van der Waals surface area contributed by atoms with Crippen molar-refractivity contribution in [2.75, 3.05) is 31.5 Å². The molecule has 0 spiro atoms. The molecule has 1 atom stereocenters. The van der Waals surface area contributed by atoms with Gasteiger partial charge in [-0.3, -0.25) is 14.5 Å². The molecule has 130 valence electrons. The average molecular weight is 347 g/mol. The Balaban J connectivity index is 1.40. The van der Waals surface area contributed by atoms with Crippen molar-refractivity contribution in [2.24, 2.45) is 5.92 Å². The van der Waals surface area contributed by atoms with Crippen LogP contribution in [0.15, 0.2) is 6.07 Å². The molecule has 1 aliphatic carbocycles. The molecule has 3 heterocycles. The summed E-state index contributed by atoms with van der Waals surface area (Å²) in [6, 6.07) is 2.47. The number of hydrogen-bond acceptors (Lipinski definition) is 4. The Morgan fingerprint density at radius 1 is 1.17 bits per heavy atom. The van der Waals surface area contributed by atoms with Crippen LogP contribution in [0.3, 0.4) is 0 Å². The number of thiophene rings is 1. The minimum Gasteiger partial charge on any atom is -0.336 e. The van der Waals surface area contributed by atoms with Gasteiger partial charge >= 0.3 is 0 Å². The summed E-state index contributed by atoms with van der Waals surface area (Å²) in [5.41, 5.74) is 0.973. The number of hydrogen-bond donors (Lipinski definition) is 1. The largest absolute Gasteiger partial charge is 0.336 e. The zero-order valence-electron chi connectivity index (χ0n) is 14.2. The maximum Gasteiger partial charge on any atom is 0.264 e. The van der Waals surface area contributed by atoms with E-state index in [2.05, 4.69) is 10.2 Å². The fraction of sp³-hybridized carbons (Fsp3) is 0.667. The minimum absolute atomic E-state index is 0.102. The van der Waals surface area contributed by atoms with Crippen LogP contribution < -0.4 is 5.32 Å². The smallest absolute Gasteiger partial charge is 0.264 e. The lowest BCUT2D eigenvalue weighted by Crippen LogP contribution is -2.37. The number of aryl methyl sites for hydroxylation is 1. The van der Waals surface area contributed by atoms with Gasteiger partial charge in [0, 0.05) is 25.0 Å². The lowest BCUT2D eigenvalue weighted by Gasteiger charge is -2.23. The first-order valence-corrected chi connectivity index (χ1v) is 9.88. The number of rotatable bonds is 4. The summed E-state index contributed by atoms with van der Waals surface area (Å²) in [4.78, 5) is 30.1. The molecular formula is C18H25N3O2S. The lowest BCUT2D eigenvalue weighted by atomic mass is 10.2. The zero-order valence-corrected chi connectivity index (χ0v) is 15.0. The molecule has 3 fully saturated rings. The third kappa shape index (κ3) is 3.22. The molecule has 1 saturated carbocycles. The summed E-state index contributed by atoms with van der Waals surface area (Å²) < 4.78 is 0. The standard InChI is InChI=1S/C18H25N3O2S/c1-12-10-15(19-17(22)13-4-5-13)24-16(12)18(23)21-9-6-14(11-21)20-7-2-3-8-20/h10,13-14H,2-9,11H2,1H3,(H,19,22)/t14-/m0/s1. The van der Waals surface area contributed by atoms with E-state index in [4.69, 9.17) is 0 Å². The van der Waals surface area contributed by atoms with Crippen molar-refractivity contribution >= 4 is 28.2 Å². The third-order valence-corrected chi connectivity index (χ3v) is 6.55. The van der Waals surface area contributed by atoms with Crippen molar-refractivity contribution in [1.82, 2.24) is 9.80 Å². The number of carbonyl (C=O) groups excluding carboxylic acids is 2. The van der Waals surface area contributed by atoms with E-state index in [1.54, 1.807) is 0 Å².